The van der Waals surface area contributed by atoms with Gasteiger partial charge in [-0.05, 0) is 0 Å². The lowest BCUT2D eigenvalue weighted by molar-refractivity contribution is -0.0424. The Labute approximate surface area is 117 Å². The number of aliphatic hydroxyl groups excluding tert-OH is 3. The molecule has 0 aromatic heterocycles. The van der Waals surface area contributed by atoms with Crippen molar-refractivity contribution in [1.82, 2.24) is 4.90 Å². The summed E-state index contributed by atoms with van der Waals surface area (Å²) in [5.74, 6) is -1.58. The Hall–Kier alpha value is -0.340. The minimum absolute atomic E-state index is 0.448. The third kappa shape index (κ3) is 6.90. The van der Waals surface area contributed by atoms with E-state index in [-0.39, 0.29) is 0 Å². The fourth-order valence-electron chi connectivity index (χ4n) is 1.49. The smallest absolute Gasteiger partial charge is 0.266 e. The molecular formula is C8H19NO9S2. The molecule has 20 heavy (non-hydrogen) atoms. The lowest BCUT2D eigenvalue weighted by Crippen LogP contribution is -2.59. The van der Waals surface area contributed by atoms with Crippen molar-refractivity contribution in [3.05, 3.63) is 0 Å². The fourth-order valence-corrected chi connectivity index (χ4v) is 2.39. The van der Waals surface area contributed by atoms with Crippen LogP contribution in [0.15, 0.2) is 0 Å². The maximum Gasteiger partial charge on any atom is 0.266 e. The summed E-state index contributed by atoms with van der Waals surface area (Å²) >= 11 is 0. The third-order valence-corrected chi connectivity index (χ3v) is 4.19. The maximum atomic E-state index is 10.7. The minimum atomic E-state index is -4.36. The van der Waals surface area contributed by atoms with Gasteiger partial charge in [0.05, 0.1) is 36.9 Å². The zero-order valence-corrected chi connectivity index (χ0v) is 12.2. The molecule has 0 aliphatic heterocycles. The highest BCUT2D eigenvalue weighted by atomic mass is 32.2. The van der Waals surface area contributed by atoms with Gasteiger partial charge in [-0.25, -0.2) is 0 Å². The predicted molar refractivity (Wildman–Crippen MR) is 68.4 cm³/mol. The molecule has 0 aliphatic carbocycles. The Balaban J connectivity index is 5.12. The van der Waals surface area contributed by atoms with Crippen molar-refractivity contribution in [1.29, 1.82) is 0 Å². The zero-order chi connectivity index (χ0) is 16.0. The Morgan fingerprint density at radius 3 is 1.25 bits per heavy atom. The Bertz CT molecular complexity index is 438. The second-order valence-corrected chi connectivity index (χ2v) is 7.40. The first-order valence-electron chi connectivity index (χ1n) is 5.47. The number of nitrogens with zero attached hydrogens (tertiary/aromatic N) is 1. The van der Waals surface area contributed by atoms with Gasteiger partial charge in [0.25, 0.3) is 20.2 Å². The molecule has 122 valence electrons. The highest BCUT2D eigenvalue weighted by Gasteiger charge is 2.36. The first-order valence-corrected chi connectivity index (χ1v) is 8.69. The van der Waals surface area contributed by atoms with E-state index in [1.165, 1.54) is 0 Å². The molecule has 0 aromatic carbocycles. The normalized spacial score (nSPS) is 13.9. The molecule has 5 N–H and O–H groups in total. The number of hydrogen-bond donors (Lipinski definition) is 5. The van der Waals surface area contributed by atoms with Crippen LogP contribution in [-0.4, -0.2) is 96.1 Å². The van der Waals surface area contributed by atoms with Gasteiger partial charge in [0.2, 0.25) is 0 Å². The van der Waals surface area contributed by atoms with Gasteiger partial charge < -0.3 is 15.3 Å². The van der Waals surface area contributed by atoms with E-state index >= 15 is 0 Å². The van der Waals surface area contributed by atoms with Crippen molar-refractivity contribution in [2.75, 3.05) is 44.4 Å². The van der Waals surface area contributed by atoms with Crippen molar-refractivity contribution in [3.63, 3.8) is 0 Å². The Morgan fingerprint density at radius 2 is 1.05 bits per heavy atom. The molecule has 0 amide bonds. The summed E-state index contributed by atoms with van der Waals surface area (Å²) in [6.45, 7) is -3.24. The van der Waals surface area contributed by atoms with Crippen LogP contribution in [0.4, 0.5) is 0 Å². The van der Waals surface area contributed by atoms with E-state index in [0.717, 1.165) is 4.90 Å². The average molecular weight is 337 g/mol. The molecule has 0 bridgehead atoms. The van der Waals surface area contributed by atoms with Crippen LogP contribution in [0.1, 0.15) is 0 Å². The Kier molecular flexibility index (Phi) is 7.48. The predicted octanol–water partition coefficient (Wildman–Crippen LogP) is -3.22. The summed E-state index contributed by atoms with van der Waals surface area (Å²) in [4.78, 5) is 0.981. The monoisotopic (exact) mass is 337 g/mol. The van der Waals surface area contributed by atoms with Gasteiger partial charge in [-0.1, -0.05) is 0 Å². The molecule has 0 rings (SSSR count). The van der Waals surface area contributed by atoms with Crippen molar-refractivity contribution in [2.45, 2.75) is 5.54 Å². The number of aliphatic hydroxyl groups is 3. The second kappa shape index (κ2) is 7.61. The molecule has 0 atom stereocenters. The van der Waals surface area contributed by atoms with Gasteiger partial charge in [-0.15, -0.1) is 0 Å². The van der Waals surface area contributed by atoms with Crippen LogP contribution < -0.4 is 0 Å². The van der Waals surface area contributed by atoms with Crippen molar-refractivity contribution >= 4 is 20.2 Å². The van der Waals surface area contributed by atoms with E-state index in [1.807, 2.05) is 0 Å². The van der Waals surface area contributed by atoms with Gasteiger partial charge >= 0.3 is 0 Å². The van der Waals surface area contributed by atoms with E-state index in [2.05, 4.69) is 0 Å². The van der Waals surface area contributed by atoms with Crippen LogP contribution in [0.3, 0.4) is 0 Å². The van der Waals surface area contributed by atoms with Crippen LogP contribution in [0.25, 0.3) is 0 Å². The van der Waals surface area contributed by atoms with Gasteiger partial charge in [-0.2, -0.15) is 16.8 Å². The quantitative estimate of drug-likeness (QED) is 0.255. The molecule has 0 fully saturated rings. The summed E-state index contributed by atoms with van der Waals surface area (Å²) in [5, 5.41) is 27.7. The molecule has 10 nitrogen and oxygen atoms in total. The maximum absolute atomic E-state index is 10.7. The molecule has 0 unspecified atom stereocenters. The summed E-state index contributed by atoms with van der Waals surface area (Å²) in [5.41, 5.74) is -1.67. The number of hydrogen-bond acceptors (Lipinski definition) is 8. The summed E-state index contributed by atoms with van der Waals surface area (Å²) < 4.78 is 60.1. The largest absolute Gasteiger partial charge is 0.394 e. The van der Waals surface area contributed by atoms with Crippen LogP contribution >= 0.6 is 0 Å². The average Bonchev–Trinajstić information content (AvgIpc) is 2.31. The van der Waals surface area contributed by atoms with E-state index in [4.69, 9.17) is 9.11 Å². The van der Waals surface area contributed by atoms with Crippen molar-refractivity contribution < 1.29 is 41.3 Å². The standard InChI is InChI=1S/C8H19NO9S2/c10-5-8(6-11,7-12)9(1-3-19(13,14)15)2-4-20(16,17)18/h10-12H,1-7H2,(H,13,14,15)(H,16,17,18). The zero-order valence-electron chi connectivity index (χ0n) is 10.6. The first-order chi connectivity index (χ1) is 8.99. The highest BCUT2D eigenvalue weighted by molar-refractivity contribution is 7.86. The molecule has 0 heterocycles. The molecule has 0 aliphatic rings. The SMILES string of the molecule is O=S(=O)(O)CCN(CCS(=O)(=O)O)C(CO)(CO)CO. The molecule has 0 spiro atoms. The van der Waals surface area contributed by atoms with Gasteiger partial charge in [0.1, 0.15) is 0 Å². The summed E-state index contributed by atoms with van der Waals surface area (Å²) in [6, 6.07) is 0. The molecular weight excluding hydrogens is 318 g/mol. The van der Waals surface area contributed by atoms with Crippen LogP contribution in [-0.2, 0) is 20.2 Å². The summed E-state index contributed by atoms with van der Waals surface area (Å²) in [6.07, 6.45) is 0. The van der Waals surface area contributed by atoms with Gasteiger partial charge in [0, 0.05) is 13.1 Å². The van der Waals surface area contributed by atoms with Gasteiger partial charge in [0.15, 0.2) is 0 Å². The molecule has 0 saturated heterocycles. The summed E-state index contributed by atoms with van der Waals surface area (Å²) in [7, 11) is -8.71. The fraction of sp³-hybridized carbons (Fsp3) is 1.00. The van der Waals surface area contributed by atoms with E-state index < -0.39 is 70.2 Å². The van der Waals surface area contributed by atoms with Crippen molar-refractivity contribution in [3.8, 4) is 0 Å². The van der Waals surface area contributed by atoms with Crippen LogP contribution in [0.2, 0.25) is 0 Å². The van der Waals surface area contributed by atoms with Gasteiger partial charge in [-0.3, -0.25) is 14.0 Å². The lowest BCUT2D eigenvalue weighted by Gasteiger charge is -2.39. The highest BCUT2D eigenvalue weighted by Crippen LogP contribution is 2.14. The molecule has 12 heteroatoms. The van der Waals surface area contributed by atoms with Crippen LogP contribution in [0, 0.1) is 0 Å². The van der Waals surface area contributed by atoms with Crippen LogP contribution in [0.5, 0.6) is 0 Å². The number of rotatable bonds is 10. The van der Waals surface area contributed by atoms with Crippen molar-refractivity contribution in [2.24, 2.45) is 0 Å². The topological polar surface area (TPSA) is 173 Å². The third-order valence-electron chi connectivity index (χ3n) is 2.79. The molecule has 0 saturated carbocycles. The lowest BCUT2D eigenvalue weighted by atomic mass is 10.0. The second-order valence-electron chi connectivity index (χ2n) is 4.26. The molecule has 0 radical (unpaired) electrons. The Morgan fingerprint density at radius 1 is 0.750 bits per heavy atom. The van der Waals surface area contributed by atoms with E-state index in [1.54, 1.807) is 0 Å². The minimum Gasteiger partial charge on any atom is -0.394 e. The van der Waals surface area contributed by atoms with E-state index in [9.17, 15) is 32.2 Å². The molecule has 0 aromatic rings. The first kappa shape index (κ1) is 19.7. The van der Waals surface area contributed by atoms with E-state index in [0.29, 0.717) is 0 Å².